The molecule has 0 N–H and O–H groups in total. The van der Waals surface area contributed by atoms with Crippen molar-refractivity contribution < 1.29 is 23.7 Å². The minimum Gasteiger partial charge on any atom is -0.504 e. The molecule has 0 saturated carbocycles. The first kappa shape index (κ1) is 15.4. The van der Waals surface area contributed by atoms with Crippen LogP contribution in [0.2, 0.25) is 0 Å². The first-order valence-corrected chi connectivity index (χ1v) is 6.55. The van der Waals surface area contributed by atoms with E-state index in [1.165, 1.54) is 19.4 Å². The summed E-state index contributed by atoms with van der Waals surface area (Å²) in [6.07, 6.45) is 2.43. The molecule has 0 fully saturated rings. The van der Waals surface area contributed by atoms with Crippen molar-refractivity contribution in [1.82, 2.24) is 0 Å². The van der Waals surface area contributed by atoms with E-state index in [0.29, 0.717) is 23.0 Å². The molecule has 0 amide bonds. The SMILES string of the molecule is COC=CC(=O)Oc1ccccc1Oc1cccc(OC)c1. The zero-order valence-electron chi connectivity index (χ0n) is 12.3. The van der Waals surface area contributed by atoms with Gasteiger partial charge in [0.25, 0.3) is 0 Å². The number of carbonyl (C=O) groups is 1. The average molecular weight is 300 g/mol. The number of carbonyl (C=O) groups excluding carboxylic acids is 1. The van der Waals surface area contributed by atoms with Gasteiger partial charge in [0, 0.05) is 6.07 Å². The molecule has 0 aliphatic carbocycles. The minimum absolute atomic E-state index is 0.316. The van der Waals surface area contributed by atoms with Gasteiger partial charge in [0.2, 0.25) is 0 Å². The molecule has 0 unspecified atom stereocenters. The lowest BCUT2D eigenvalue weighted by atomic mass is 10.3. The molecule has 2 rings (SSSR count). The molecule has 0 atom stereocenters. The van der Waals surface area contributed by atoms with Crippen LogP contribution in [0.1, 0.15) is 0 Å². The lowest BCUT2D eigenvalue weighted by Gasteiger charge is -2.11. The Kier molecular flexibility index (Phi) is 5.43. The van der Waals surface area contributed by atoms with E-state index in [2.05, 4.69) is 4.74 Å². The normalized spacial score (nSPS) is 10.3. The minimum atomic E-state index is -0.552. The van der Waals surface area contributed by atoms with Crippen LogP contribution in [0.3, 0.4) is 0 Å². The fraction of sp³-hybridized carbons (Fsp3) is 0.118. The quantitative estimate of drug-likeness (QED) is 0.353. The van der Waals surface area contributed by atoms with Crippen LogP contribution in [0, 0.1) is 0 Å². The van der Waals surface area contributed by atoms with Crippen molar-refractivity contribution in [3.63, 3.8) is 0 Å². The first-order chi connectivity index (χ1) is 10.7. The van der Waals surface area contributed by atoms with E-state index in [1.54, 1.807) is 43.5 Å². The highest BCUT2D eigenvalue weighted by Gasteiger charge is 2.09. The van der Waals surface area contributed by atoms with Gasteiger partial charge in [-0.3, -0.25) is 0 Å². The summed E-state index contributed by atoms with van der Waals surface area (Å²) in [5, 5.41) is 0. The summed E-state index contributed by atoms with van der Waals surface area (Å²) < 4.78 is 20.8. The number of hydrogen-bond donors (Lipinski definition) is 0. The number of para-hydroxylation sites is 2. The van der Waals surface area contributed by atoms with Crippen molar-refractivity contribution in [2.45, 2.75) is 0 Å². The van der Waals surface area contributed by atoms with Gasteiger partial charge in [-0.2, -0.15) is 0 Å². The predicted octanol–water partition coefficient (Wildman–Crippen LogP) is 3.55. The standard InChI is InChI=1S/C17H16O5/c1-19-11-10-17(18)22-16-9-4-3-8-15(16)21-14-7-5-6-13(12-14)20-2/h3-12H,1-2H3. The average Bonchev–Trinajstić information content (AvgIpc) is 2.55. The molecule has 2 aromatic rings. The van der Waals surface area contributed by atoms with Gasteiger partial charge in [0.05, 0.1) is 26.6 Å². The molecule has 5 nitrogen and oxygen atoms in total. The third kappa shape index (κ3) is 4.28. The predicted molar refractivity (Wildman–Crippen MR) is 81.3 cm³/mol. The Morgan fingerprint density at radius 3 is 2.41 bits per heavy atom. The van der Waals surface area contributed by atoms with Crippen LogP contribution in [0.15, 0.2) is 60.9 Å². The van der Waals surface area contributed by atoms with E-state index in [9.17, 15) is 4.79 Å². The molecule has 0 spiro atoms. The van der Waals surface area contributed by atoms with Crippen LogP contribution in [0.5, 0.6) is 23.0 Å². The van der Waals surface area contributed by atoms with Crippen LogP contribution in [-0.2, 0) is 9.53 Å². The molecule has 0 radical (unpaired) electrons. The van der Waals surface area contributed by atoms with Gasteiger partial charge in [-0.1, -0.05) is 18.2 Å². The van der Waals surface area contributed by atoms with Crippen LogP contribution < -0.4 is 14.2 Å². The highest BCUT2D eigenvalue weighted by atomic mass is 16.6. The molecule has 5 heteroatoms. The molecular weight excluding hydrogens is 284 g/mol. The van der Waals surface area contributed by atoms with Gasteiger partial charge in [-0.15, -0.1) is 0 Å². The maximum atomic E-state index is 11.6. The van der Waals surface area contributed by atoms with Crippen molar-refractivity contribution in [2.24, 2.45) is 0 Å². The second-order valence-electron chi connectivity index (χ2n) is 4.19. The molecule has 114 valence electrons. The van der Waals surface area contributed by atoms with Crippen molar-refractivity contribution in [2.75, 3.05) is 14.2 Å². The topological polar surface area (TPSA) is 54.0 Å². The van der Waals surface area contributed by atoms with Crippen molar-refractivity contribution in [1.29, 1.82) is 0 Å². The maximum absolute atomic E-state index is 11.6. The van der Waals surface area contributed by atoms with Crippen molar-refractivity contribution in [3.05, 3.63) is 60.9 Å². The van der Waals surface area contributed by atoms with Gasteiger partial charge in [-0.05, 0) is 24.3 Å². The van der Waals surface area contributed by atoms with E-state index in [1.807, 2.05) is 12.1 Å². The molecule has 0 aromatic heterocycles. The highest BCUT2D eigenvalue weighted by molar-refractivity contribution is 5.84. The van der Waals surface area contributed by atoms with Gasteiger partial charge in [-0.25, -0.2) is 4.79 Å². The van der Waals surface area contributed by atoms with E-state index in [-0.39, 0.29) is 0 Å². The summed E-state index contributed by atoms with van der Waals surface area (Å²) in [5.74, 6) is 1.44. The number of ether oxygens (including phenoxy) is 4. The van der Waals surface area contributed by atoms with Gasteiger partial charge in [0.15, 0.2) is 11.5 Å². The van der Waals surface area contributed by atoms with Gasteiger partial charge < -0.3 is 18.9 Å². The molecule has 0 bridgehead atoms. The maximum Gasteiger partial charge on any atom is 0.339 e. The lowest BCUT2D eigenvalue weighted by molar-refractivity contribution is -0.129. The van der Waals surface area contributed by atoms with E-state index in [4.69, 9.17) is 14.2 Å². The summed E-state index contributed by atoms with van der Waals surface area (Å²) in [7, 11) is 3.03. The smallest absolute Gasteiger partial charge is 0.339 e. The van der Waals surface area contributed by atoms with E-state index < -0.39 is 5.97 Å². The van der Waals surface area contributed by atoms with Crippen molar-refractivity contribution in [3.8, 4) is 23.0 Å². The third-order valence-corrected chi connectivity index (χ3v) is 2.67. The molecule has 0 saturated heterocycles. The molecule has 0 aliphatic rings. The second kappa shape index (κ2) is 7.73. The molecule has 0 heterocycles. The monoisotopic (exact) mass is 300 g/mol. The van der Waals surface area contributed by atoms with Gasteiger partial charge >= 0.3 is 5.97 Å². The Morgan fingerprint density at radius 1 is 0.955 bits per heavy atom. The zero-order chi connectivity index (χ0) is 15.8. The van der Waals surface area contributed by atoms with Gasteiger partial charge in [0.1, 0.15) is 11.5 Å². The molecule has 2 aromatic carbocycles. The van der Waals surface area contributed by atoms with Crippen LogP contribution >= 0.6 is 0 Å². The Labute approximate surface area is 128 Å². The summed E-state index contributed by atoms with van der Waals surface area (Å²) in [5.41, 5.74) is 0. The van der Waals surface area contributed by atoms with Crippen LogP contribution in [0.25, 0.3) is 0 Å². The number of rotatable bonds is 6. The summed E-state index contributed by atoms with van der Waals surface area (Å²) >= 11 is 0. The summed E-state index contributed by atoms with van der Waals surface area (Å²) in [6.45, 7) is 0. The molecule has 22 heavy (non-hydrogen) atoms. The number of esters is 1. The Bertz CT molecular complexity index is 664. The number of hydrogen-bond acceptors (Lipinski definition) is 5. The molecule has 0 aliphatic heterocycles. The largest absolute Gasteiger partial charge is 0.504 e. The van der Waals surface area contributed by atoms with E-state index in [0.717, 1.165) is 0 Å². The Hall–Kier alpha value is -2.95. The number of benzene rings is 2. The lowest BCUT2D eigenvalue weighted by Crippen LogP contribution is -2.05. The second-order valence-corrected chi connectivity index (χ2v) is 4.19. The van der Waals surface area contributed by atoms with Crippen LogP contribution in [-0.4, -0.2) is 20.2 Å². The fourth-order valence-electron chi connectivity index (χ4n) is 1.68. The highest BCUT2D eigenvalue weighted by Crippen LogP contribution is 2.32. The van der Waals surface area contributed by atoms with E-state index >= 15 is 0 Å². The van der Waals surface area contributed by atoms with Crippen molar-refractivity contribution >= 4 is 5.97 Å². The first-order valence-electron chi connectivity index (χ1n) is 6.55. The summed E-state index contributed by atoms with van der Waals surface area (Å²) in [4.78, 5) is 11.6. The zero-order valence-corrected chi connectivity index (χ0v) is 12.3. The third-order valence-electron chi connectivity index (χ3n) is 2.67. The molecular formula is C17H16O5. The van der Waals surface area contributed by atoms with Crippen LogP contribution in [0.4, 0.5) is 0 Å². The Morgan fingerprint density at radius 2 is 1.68 bits per heavy atom. The fourth-order valence-corrected chi connectivity index (χ4v) is 1.68. The summed E-state index contributed by atoms with van der Waals surface area (Å²) in [6, 6.07) is 14.0. The Balaban J connectivity index is 2.17. The number of methoxy groups -OCH3 is 2.